The number of hydrogen-bond donors (Lipinski definition) is 1. The van der Waals surface area contributed by atoms with Crippen LogP contribution in [0.5, 0.6) is 0 Å². The van der Waals surface area contributed by atoms with Crippen molar-refractivity contribution in [2.24, 2.45) is 5.92 Å². The van der Waals surface area contributed by atoms with E-state index < -0.39 is 4.92 Å². The van der Waals surface area contributed by atoms with Crippen molar-refractivity contribution in [1.29, 1.82) is 0 Å². The molecule has 6 nitrogen and oxygen atoms in total. The molecule has 0 aliphatic heterocycles. The first-order valence-electron chi connectivity index (χ1n) is 6.14. The SMILES string of the molecule is CC(C)Cc1[nH]n(-c2ccc([N+](=O)[O-])cc2)c(=O)c1Br. The second kappa shape index (κ2) is 5.62. The Bertz CT molecular complexity index is 686. The van der Waals surface area contributed by atoms with Gasteiger partial charge in [0, 0.05) is 12.1 Å². The third kappa shape index (κ3) is 2.82. The van der Waals surface area contributed by atoms with Crippen molar-refractivity contribution < 1.29 is 4.92 Å². The zero-order valence-electron chi connectivity index (χ0n) is 11.1. The van der Waals surface area contributed by atoms with E-state index >= 15 is 0 Å². The maximum Gasteiger partial charge on any atom is 0.285 e. The molecule has 7 heteroatoms. The molecule has 0 atom stereocenters. The third-order valence-electron chi connectivity index (χ3n) is 2.83. The molecule has 0 aliphatic carbocycles. The van der Waals surface area contributed by atoms with Gasteiger partial charge >= 0.3 is 0 Å². The fourth-order valence-corrected chi connectivity index (χ4v) is 2.34. The molecule has 0 saturated carbocycles. The highest BCUT2D eigenvalue weighted by Crippen LogP contribution is 2.18. The fourth-order valence-electron chi connectivity index (χ4n) is 1.91. The van der Waals surface area contributed by atoms with E-state index in [4.69, 9.17) is 0 Å². The van der Waals surface area contributed by atoms with Crippen LogP contribution in [0.15, 0.2) is 33.5 Å². The number of halogens is 1. The Hall–Kier alpha value is -1.89. The van der Waals surface area contributed by atoms with E-state index in [1.54, 1.807) is 12.1 Å². The number of aromatic nitrogens is 2. The number of rotatable bonds is 4. The monoisotopic (exact) mass is 339 g/mol. The van der Waals surface area contributed by atoms with Crippen LogP contribution < -0.4 is 5.56 Å². The Balaban J connectivity index is 2.42. The molecule has 2 aromatic rings. The molecule has 1 heterocycles. The number of aromatic amines is 1. The van der Waals surface area contributed by atoms with Crippen molar-refractivity contribution in [2.75, 3.05) is 0 Å². The van der Waals surface area contributed by atoms with Gasteiger partial charge < -0.3 is 0 Å². The van der Waals surface area contributed by atoms with Crippen molar-refractivity contribution in [3.05, 3.63) is 54.9 Å². The largest absolute Gasteiger partial charge is 0.294 e. The molecule has 1 aromatic carbocycles. The summed E-state index contributed by atoms with van der Waals surface area (Å²) in [6.45, 7) is 4.13. The van der Waals surface area contributed by atoms with Crippen LogP contribution in [0.4, 0.5) is 5.69 Å². The minimum absolute atomic E-state index is 0.00479. The van der Waals surface area contributed by atoms with E-state index in [0.29, 0.717) is 16.1 Å². The van der Waals surface area contributed by atoms with Gasteiger partial charge in [0.05, 0.1) is 16.3 Å². The first-order valence-corrected chi connectivity index (χ1v) is 6.93. The van der Waals surface area contributed by atoms with Crippen molar-refractivity contribution >= 4 is 21.6 Å². The summed E-state index contributed by atoms with van der Waals surface area (Å²) in [6, 6.07) is 5.83. The van der Waals surface area contributed by atoms with Gasteiger partial charge in [-0.25, -0.2) is 4.68 Å². The molecule has 0 amide bonds. The Kier molecular flexibility index (Phi) is 4.08. The van der Waals surface area contributed by atoms with Gasteiger partial charge in [-0.05, 0) is 40.4 Å². The van der Waals surface area contributed by atoms with E-state index in [-0.39, 0.29) is 11.2 Å². The molecule has 0 radical (unpaired) electrons. The topological polar surface area (TPSA) is 80.9 Å². The number of nitro benzene ring substituents is 1. The molecule has 1 aromatic heterocycles. The quantitative estimate of drug-likeness (QED) is 0.686. The molecule has 0 spiro atoms. The van der Waals surface area contributed by atoms with Gasteiger partial charge in [-0.1, -0.05) is 13.8 Å². The van der Waals surface area contributed by atoms with Gasteiger partial charge in [-0.2, -0.15) is 0 Å². The Morgan fingerprint density at radius 3 is 2.45 bits per heavy atom. The van der Waals surface area contributed by atoms with Gasteiger partial charge in [0.25, 0.3) is 11.2 Å². The summed E-state index contributed by atoms with van der Waals surface area (Å²) < 4.78 is 1.88. The Morgan fingerprint density at radius 2 is 1.95 bits per heavy atom. The molecule has 20 heavy (non-hydrogen) atoms. The summed E-state index contributed by atoms with van der Waals surface area (Å²) in [5.74, 6) is 0.412. The number of nitro groups is 1. The van der Waals surface area contributed by atoms with Crippen LogP contribution in [0.3, 0.4) is 0 Å². The lowest BCUT2D eigenvalue weighted by Gasteiger charge is -2.03. The average molecular weight is 340 g/mol. The third-order valence-corrected chi connectivity index (χ3v) is 3.65. The van der Waals surface area contributed by atoms with E-state index in [0.717, 1.165) is 12.1 Å². The molecule has 0 aliphatic rings. The maximum atomic E-state index is 12.1. The molecule has 0 saturated heterocycles. The zero-order chi connectivity index (χ0) is 14.9. The maximum absolute atomic E-state index is 12.1. The van der Waals surface area contributed by atoms with Crippen LogP contribution in [0.25, 0.3) is 5.69 Å². The van der Waals surface area contributed by atoms with Gasteiger partial charge in [-0.15, -0.1) is 0 Å². The Morgan fingerprint density at radius 1 is 1.35 bits per heavy atom. The lowest BCUT2D eigenvalue weighted by molar-refractivity contribution is -0.384. The molecular weight excluding hydrogens is 326 g/mol. The predicted octanol–water partition coefficient (Wildman–Crippen LogP) is 3.03. The van der Waals surface area contributed by atoms with E-state index in [1.807, 2.05) is 0 Å². The average Bonchev–Trinajstić information content (AvgIpc) is 2.67. The van der Waals surface area contributed by atoms with E-state index in [2.05, 4.69) is 34.9 Å². The molecule has 106 valence electrons. The van der Waals surface area contributed by atoms with Crippen LogP contribution in [-0.2, 0) is 6.42 Å². The molecule has 0 fully saturated rings. The number of nitrogens with one attached hydrogen (secondary N) is 1. The molecule has 2 rings (SSSR count). The van der Waals surface area contributed by atoms with E-state index in [1.165, 1.54) is 16.8 Å². The van der Waals surface area contributed by atoms with Gasteiger partial charge in [-0.3, -0.25) is 20.0 Å². The first-order chi connectivity index (χ1) is 9.40. The number of non-ortho nitro benzene ring substituents is 1. The smallest absolute Gasteiger partial charge is 0.285 e. The van der Waals surface area contributed by atoms with Crippen LogP contribution in [0.2, 0.25) is 0 Å². The second-order valence-electron chi connectivity index (χ2n) is 4.92. The van der Waals surface area contributed by atoms with Crippen LogP contribution in [0.1, 0.15) is 19.5 Å². The number of benzene rings is 1. The minimum atomic E-state index is -0.471. The van der Waals surface area contributed by atoms with Crippen molar-refractivity contribution in [3.63, 3.8) is 0 Å². The van der Waals surface area contributed by atoms with Gasteiger partial charge in [0.1, 0.15) is 4.47 Å². The van der Waals surface area contributed by atoms with Gasteiger partial charge in [0.15, 0.2) is 0 Å². The normalized spacial score (nSPS) is 11.0. The number of nitrogens with zero attached hydrogens (tertiary/aromatic N) is 2. The molecule has 1 N–H and O–H groups in total. The van der Waals surface area contributed by atoms with Crippen LogP contribution in [-0.4, -0.2) is 14.7 Å². The summed E-state index contributed by atoms with van der Waals surface area (Å²) in [7, 11) is 0. The minimum Gasteiger partial charge on any atom is -0.294 e. The highest BCUT2D eigenvalue weighted by Gasteiger charge is 2.14. The van der Waals surface area contributed by atoms with Crippen molar-refractivity contribution in [3.8, 4) is 5.69 Å². The lowest BCUT2D eigenvalue weighted by atomic mass is 10.1. The predicted molar refractivity (Wildman–Crippen MR) is 79.3 cm³/mol. The van der Waals surface area contributed by atoms with Crippen molar-refractivity contribution in [2.45, 2.75) is 20.3 Å². The lowest BCUT2D eigenvalue weighted by Crippen LogP contribution is -2.14. The Labute approximate surface area is 123 Å². The summed E-state index contributed by atoms with van der Waals surface area (Å²) in [5.41, 5.74) is 1.18. The standard InChI is InChI=1S/C13H14BrN3O3/c1-8(2)7-11-12(14)13(18)16(15-11)9-3-5-10(6-4-9)17(19)20/h3-6,8,15H,7H2,1-2H3. The fraction of sp³-hybridized carbons (Fsp3) is 0.308. The van der Waals surface area contributed by atoms with Crippen LogP contribution >= 0.6 is 15.9 Å². The summed E-state index contributed by atoms with van der Waals surface area (Å²) in [4.78, 5) is 22.3. The summed E-state index contributed by atoms with van der Waals surface area (Å²) in [5, 5.41) is 13.7. The highest BCUT2D eigenvalue weighted by molar-refractivity contribution is 9.10. The van der Waals surface area contributed by atoms with E-state index in [9.17, 15) is 14.9 Å². The number of hydrogen-bond acceptors (Lipinski definition) is 3. The zero-order valence-corrected chi connectivity index (χ0v) is 12.7. The summed E-state index contributed by atoms with van der Waals surface area (Å²) >= 11 is 3.29. The van der Waals surface area contributed by atoms with Crippen LogP contribution in [0, 0.1) is 16.0 Å². The first kappa shape index (κ1) is 14.5. The highest BCUT2D eigenvalue weighted by atomic mass is 79.9. The van der Waals surface area contributed by atoms with Crippen molar-refractivity contribution in [1.82, 2.24) is 9.78 Å². The van der Waals surface area contributed by atoms with Gasteiger partial charge in [0.2, 0.25) is 0 Å². The summed E-state index contributed by atoms with van der Waals surface area (Å²) in [6.07, 6.45) is 0.746. The molecule has 0 bridgehead atoms. The molecular formula is C13H14BrN3O3. The number of H-pyrrole nitrogens is 1. The molecule has 0 unspecified atom stereocenters. The second-order valence-corrected chi connectivity index (χ2v) is 5.71.